The Bertz CT molecular complexity index is 511. The molecule has 2 N–H and O–H groups in total. The molecule has 2 aliphatic carbocycles. The van der Waals surface area contributed by atoms with E-state index in [-0.39, 0.29) is 18.2 Å². The Morgan fingerprint density at radius 2 is 1.57 bits per heavy atom. The van der Waals surface area contributed by atoms with Gasteiger partial charge in [-0.05, 0) is 38.5 Å². The molecular weight excluding hydrogens is 316 g/mol. The van der Waals surface area contributed by atoms with Gasteiger partial charge < -0.3 is 15.4 Å². The Morgan fingerprint density at radius 1 is 1.00 bits per heavy atom. The summed E-state index contributed by atoms with van der Waals surface area (Å²) in [5.41, 5.74) is 0. The summed E-state index contributed by atoms with van der Waals surface area (Å²) in [5, 5.41) is 6.65. The quantitative estimate of drug-likeness (QED) is 0.884. The van der Waals surface area contributed by atoms with Gasteiger partial charge in [0.15, 0.2) is 0 Å². The first-order valence-electron chi connectivity index (χ1n) is 8.40. The van der Waals surface area contributed by atoms with Crippen LogP contribution in [-0.2, 0) is 0 Å². The van der Waals surface area contributed by atoms with E-state index in [9.17, 15) is 4.79 Å². The molecule has 0 radical (unpaired) electrons. The largest absolute Gasteiger partial charge is 0.460 e. The molecule has 0 unspecified atom stereocenters. The first-order valence-corrected chi connectivity index (χ1v) is 8.78. The Morgan fingerprint density at radius 3 is 2.17 bits per heavy atom. The minimum atomic E-state index is -0.0256. The number of aromatic nitrogens is 2. The van der Waals surface area contributed by atoms with Crippen molar-refractivity contribution in [3.05, 3.63) is 17.4 Å². The van der Waals surface area contributed by atoms with Crippen molar-refractivity contribution in [3.8, 4) is 6.01 Å². The van der Waals surface area contributed by atoms with Gasteiger partial charge in [0.2, 0.25) is 0 Å². The van der Waals surface area contributed by atoms with Crippen molar-refractivity contribution in [2.45, 2.75) is 69.6 Å². The summed E-state index contributed by atoms with van der Waals surface area (Å²) >= 11 is 5.76. The van der Waals surface area contributed by atoms with Crippen LogP contribution in [0.3, 0.4) is 0 Å². The fourth-order valence-corrected chi connectivity index (χ4v) is 3.42. The van der Waals surface area contributed by atoms with Gasteiger partial charge in [-0.2, -0.15) is 0 Å². The highest BCUT2D eigenvalue weighted by atomic mass is 35.5. The van der Waals surface area contributed by atoms with E-state index in [0.717, 1.165) is 38.5 Å². The molecule has 1 aromatic heterocycles. The summed E-state index contributed by atoms with van der Waals surface area (Å²) in [6.07, 6.45) is 11.4. The predicted octanol–water partition coefficient (Wildman–Crippen LogP) is 3.06. The highest BCUT2D eigenvalue weighted by molar-refractivity contribution is 6.30. The Labute approximate surface area is 141 Å². The van der Waals surface area contributed by atoms with Gasteiger partial charge in [-0.3, -0.25) is 0 Å². The first-order chi connectivity index (χ1) is 11.2. The number of urea groups is 1. The van der Waals surface area contributed by atoms with Crippen LogP contribution in [0.25, 0.3) is 0 Å². The van der Waals surface area contributed by atoms with E-state index in [4.69, 9.17) is 16.3 Å². The fourth-order valence-electron chi connectivity index (χ4n) is 3.32. The molecular formula is C16H23ClN4O2. The third-order valence-electron chi connectivity index (χ3n) is 4.57. The van der Waals surface area contributed by atoms with E-state index in [1.165, 1.54) is 25.2 Å². The van der Waals surface area contributed by atoms with Gasteiger partial charge in [0, 0.05) is 12.1 Å². The van der Waals surface area contributed by atoms with Gasteiger partial charge in [-0.25, -0.2) is 14.8 Å². The van der Waals surface area contributed by atoms with Crippen LogP contribution >= 0.6 is 11.6 Å². The zero-order valence-corrected chi connectivity index (χ0v) is 13.9. The molecule has 0 atom stereocenters. The molecule has 0 bridgehead atoms. The average molecular weight is 339 g/mol. The molecule has 6 nitrogen and oxygen atoms in total. The molecule has 0 saturated heterocycles. The zero-order chi connectivity index (χ0) is 16.1. The van der Waals surface area contributed by atoms with Crippen LogP contribution in [0.15, 0.2) is 12.4 Å². The van der Waals surface area contributed by atoms with Crippen molar-refractivity contribution in [3.63, 3.8) is 0 Å². The number of amides is 2. The van der Waals surface area contributed by atoms with Crippen LogP contribution < -0.4 is 15.4 Å². The van der Waals surface area contributed by atoms with E-state index in [1.54, 1.807) is 0 Å². The minimum Gasteiger partial charge on any atom is -0.460 e. The lowest BCUT2D eigenvalue weighted by Crippen LogP contribution is -2.47. The first kappa shape index (κ1) is 16.3. The summed E-state index contributed by atoms with van der Waals surface area (Å²) in [6.45, 7) is 0. The number of nitrogens with one attached hydrogen (secondary N) is 2. The molecule has 2 fully saturated rings. The molecule has 2 aliphatic rings. The third-order valence-corrected chi connectivity index (χ3v) is 4.76. The minimum absolute atomic E-state index is 0.0256. The van der Waals surface area contributed by atoms with Crippen molar-refractivity contribution in [1.82, 2.24) is 20.6 Å². The number of ether oxygens (including phenoxy) is 1. The van der Waals surface area contributed by atoms with E-state index in [0.29, 0.717) is 17.1 Å². The molecule has 23 heavy (non-hydrogen) atoms. The maximum absolute atomic E-state index is 12.0. The summed E-state index contributed by atoms with van der Waals surface area (Å²) in [6, 6.07) is 0.922. The van der Waals surface area contributed by atoms with Crippen molar-refractivity contribution < 1.29 is 9.53 Å². The summed E-state index contributed by atoms with van der Waals surface area (Å²) in [5.74, 6) is 0. The second kappa shape index (κ2) is 7.81. The number of carbonyl (C=O) groups is 1. The van der Waals surface area contributed by atoms with Gasteiger partial charge in [-0.1, -0.05) is 24.4 Å². The van der Waals surface area contributed by atoms with Crippen molar-refractivity contribution in [2.75, 3.05) is 0 Å². The molecule has 2 amide bonds. The topological polar surface area (TPSA) is 76.1 Å². The van der Waals surface area contributed by atoms with Gasteiger partial charge in [-0.15, -0.1) is 0 Å². The number of carbonyl (C=O) groups excluding carboxylic acids is 1. The molecule has 0 aliphatic heterocycles. The normalized spacial score (nSPS) is 25.1. The SMILES string of the molecule is O=C(NC1CCCC1)NC1CCC(Oc2ncc(Cl)cn2)CC1. The Kier molecular flexibility index (Phi) is 5.54. The second-order valence-electron chi connectivity index (χ2n) is 6.37. The van der Waals surface area contributed by atoms with Crippen molar-refractivity contribution >= 4 is 17.6 Å². The maximum atomic E-state index is 12.0. The molecule has 1 heterocycles. The molecule has 7 heteroatoms. The number of nitrogens with zero attached hydrogens (tertiary/aromatic N) is 2. The molecule has 0 spiro atoms. The van der Waals surface area contributed by atoms with E-state index in [2.05, 4.69) is 20.6 Å². The molecule has 2 saturated carbocycles. The van der Waals surface area contributed by atoms with Crippen molar-refractivity contribution in [1.29, 1.82) is 0 Å². The fraction of sp³-hybridized carbons (Fsp3) is 0.688. The summed E-state index contributed by atoms with van der Waals surface area (Å²) in [4.78, 5) is 20.1. The van der Waals surface area contributed by atoms with Gasteiger partial charge in [0.1, 0.15) is 6.10 Å². The lowest BCUT2D eigenvalue weighted by atomic mass is 9.93. The number of halogens is 1. The van der Waals surface area contributed by atoms with Crippen LogP contribution in [-0.4, -0.2) is 34.2 Å². The summed E-state index contributed by atoms with van der Waals surface area (Å²) in [7, 11) is 0. The number of hydrogen-bond donors (Lipinski definition) is 2. The Hall–Kier alpha value is -1.56. The molecule has 126 valence electrons. The monoisotopic (exact) mass is 338 g/mol. The molecule has 1 aromatic rings. The van der Waals surface area contributed by atoms with Crippen LogP contribution in [0.2, 0.25) is 5.02 Å². The van der Waals surface area contributed by atoms with E-state index in [1.807, 2.05) is 0 Å². The predicted molar refractivity (Wildman–Crippen MR) is 87.6 cm³/mol. The number of rotatable bonds is 4. The van der Waals surface area contributed by atoms with E-state index >= 15 is 0 Å². The van der Waals surface area contributed by atoms with Crippen LogP contribution in [0.4, 0.5) is 4.79 Å². The van der Waals surface area contributed by atoms with Gasteiger partial charge in [0.25, 0.3) is 0 Å². The van der Waals surface area contributed by atoms with E-state index < -0.39 is 0 Å². The van der Waals surface area contributed by atoms with Gasteiger partial charge in [0.05, 0.1) is 17.4 Å². The average Bonchev–Trinajstić information content (AvgIpc) is 3.04. The van der Waals surface area contributed by atoms with Crippen LogP contribution in [0, 0.1) is 0 Å². The lowest BCUT2D eigenvalue weighted by molar-refractivity contribution is 0.128. The highest BCUT2D eigenvalue weighted by Gasteiger charge is 2.25. The Balaban J connectivity index is 1.37. The highest BCUT2D eigenvalue weighted by Crippen LogP contribution is 2.23. The van der Waals surface area contributed by atoms with Gasteiger partial charge >= 0.3 is 12.0 Å². The smallest absolute Gasteiger partial charge is 0.316 e. The standard InChI is InChI=1S/C16H23ClN4O2/c17-11-9-18-16(19-10-11)23-14-7-5-13(6-8-14)21-15(22)20-12-3-1-2-4-12/h9-10,12-14H,1-8H2,(H2,20,21,22). The number of hydrogen-bond acceptors (Lipinski definition) is 4. The zero-order valence-electron chi connectivity index (χ0n) is 13.1. The lowest BCUT2D eigenvalue weighted by Gasteiger charge is -2.29. The molecule has 0 aromatic carbocycles. The second-order valence-corrected chi connectivity index (χ2v) is 6.81. The maximum Gasteiger partial charge on any atom is 0.316 e. The summed E-state index contributed by atoms with van der Waals surface area (Å²) < 4.78 is 5.76. The van der Waals surface area contributed by atoms with Crippen LogP contribution in [0.1, 0.15) is 51.4 Å². The molecule has 3 rings (SSSR count). The van der Waals surface area contributed by atoms with Crippen LogP contribution in [0.5, 0.6) is 6.01 Å². The van der Waals surface area contributed by atoms with Crippen molar-refractivity contribution in [2.24, 2.45) is 0 Å². The third kappa shape index (κ3) is 4.96.